The van der Waals surface area contributed by atoms with Gasteiger partial charge in [-0.25, -0.2) is 9.67 Å². The molecule has 1 amide bonds. The Balaban J connectivity index is 1.42. The molecule has 0 bridgehead atoms. The third-order valence-corrected chi connectivity index (χ3v) is 7.73. The van der Waals surface area contributed by atoms with Gasteiger partial charge in [-0.15, -0.1) is 11.3 Å². The smallest absolute Gasteiger partial charge is 0.266 e. The molecule has 9 heteroatoms. The minimum Gasteiger partial charge on any atom is -0.467 e. The highest BCUT2D eigenvalue weighted by Gasteiger charge is 2.33. The number of aromatic nitrogens is 3. The molecular weight excluding hydrogens is 485 g/mol. The van der Waals surface area contributed by atoms with Crippen molar-refractivity contribution in [3.05, 3.63) is 95.4 Å². The van der Waals surface area contributed by atoms with Gasteiger partial charge in [-0.3, -0.25) is 9.69 Å². The van der Waals surface area contributed by atoms with E-state index in [2.05, 4.69) is 0 Å². The molecule has 166 valence electrons. The van der Waals surface area contributed by atoms with Crippen LogP contribution in [0.15, 0.2) is 88.5 Å². The maximum absolute atomic E-state index is 13.2. The lowest BCUT2D eigenvalue weighted by molar-refractivity contribution is -0.122. The van der Waals surface area contributed by atoms with E-state index in [0.29, 0.717) is 21.5 Å². The van der Waals surface area contributed by atoms with Gasteiger partial charge in [0.15, 0.2) is 0 Å². The molecule has 5 aromatic rings. The van der Waals surface area contributed by atoms with E-state index in [9.17, 15) is 4.79 Å². The Labute approximate surface area is 208 Å². The number of hydrogen-bond acceptors (Lipinski definition) is 7. The third-order valence-electron chi connectivity index (χ3n) is 5.31. The van der Waals surface area contributed by atoms with Crippen molar-refractivity contribution < 1.29 is 9.21 Å². The molecule has 1 aliphatic heterocycles. The molecule has 0 aliphatic carbocycles. The van der Waals surface area contributed by atoms with Crippen LogP contribution in [-0.2, 0) is 11.3 Å². The van der Waals surface area contributed by atoms with Gasteiger partial charge in [-0.2, -0.15) is 5.10 Å². The highest BCUT2D eigenvalue weighted by Crippen LogP contribution is 2.37. The summed E-state index contributed by atoms with van der Waals surface area (Å²) in [6.45, 7) is 0.309. The number of hydrogen-bond donors (Lipinski definition) is 0. The van der Waals surface area contributed by atoms with E-state index in [0.717, 1.165) is 32.2 Å². The minimum atomic E-state index is -0.144. The van der Waals surface area contributed by atoms with Crippen molar-refractivity contribution in [2.45, 2.75) is 6.54 Å². The first-order valence-electron chi connectivity index (χ1n) is 10.4. The Hall–Kier alpha value is -3.53. The predicted molar refractivity (Wildman–Crippen MR) is 140 cm³/mol. The quantitative estimate of drug-likeness (QED) is 0.213. The van der Waals surface area contributed by atoms with Gasteiger partial charge in [-0.05, 0) is 42.5 Å². The molecule has 1 saturated heterocycles. The van der Waals surface area contributed by atoms with Crippen molar-refractivity contribution in [1.82, 2.24) is 19.7 Å². The van der Waals surface area contributed by atoms with Crippen LogP contribution in [0.2, 0.25) is 0 Å². The third kappa shape index (κ3) is 3.87. The van der Waals surface area contributed by atoms with E-state index >= 15 is 0 Å². The van der Waals surface area contributed by atoms with E-state index in [4.69, 9.17) is 26.7 Å². The fraction of sp³-hybridized carbons (Fsp3) is 0.0400. The van der Waals surface area contributed by atoms with Crippen LogP contribution in [-0.4, -0.2) is 29.9 Å². The lowest BCUT2D eigenvalue weighted by Gasteiger charge is -2.11. The average molecular weight is 501 g/mol. The Bertz CT molecular complexity index is 1520. The number of carbonyl (C=O) groups is 1. The maximum Gasteiger partial charge on any atom is 0.266 e. The van der Waals surface area contributed by atoms with Gasteiger partial charge in [0.2, 0.25) is 0 Å². The largest absolute Gasteiger partial charge is 0.467 e. The molecule has 6 rings (SSSR count). The molecule has 1 fully saturated rings. The standard InChI is InChI=1S/C25H16N4O2S3/c30-24-21(34-25(32)28(24)15-18-9-6-12-31-18)13-16-14-29(17-7-2-1-3-8-17)27-22(16)23-26-19-10-4-5-11-20(19)33-23/h1-14H,15H2. The highest BCUT2D eigenvalue weighted by atomic mass is 32.2. The zero-order valence-electron chi connectivity index (χ0n) is 17.6. The van der Waals surface area contributed by atoms with Crippen molar-refractivity contribution in [2.75, 3.05) is 0 Å². The fourth-order valence-electron chi connectivity index (χ4n) is 3.68. The number of rotatable bonds is 5. The zero-order chi connectivity index (χ0) is 23.1. The van der Waals surface area contributed by atoms with Crippen LogP contribution in [0, 0.1) is 0 Å². The molecule has 0 spiro atoms. The van der Waals surface area contributed by atoms with Crippen LogP contribution >= 0.6 is 35.3 Å². The van der Waals surface area contributed by atoms with Crippen molar-refractivity contribution in [3.8, 4) is 16.4 Å². The van der Waals surface area contributed by atoms with E-state index in [1.807, 2.05) is 77.6 Å². The summed E-state index contributed by atoms with van der Waals surface area (Å²) in [5, 5.41) is 5.65. The lowest BCUT2D eigenvalue weighted by Crippen LogP contribution is -2.27. The van der Waals surface area contributed by atoms with Crippen LogP contribution < -0.4 is 0 Å². The van der Waals surface area contributed by atoms with Gasteiger partial charge in [0.1, 0.15) is 20.8 Å². The van der Waals surface area contributed by atoms with Gasteiger partial charge in [0.05, 0.1) is 33.6 Å². The Morgan fingerprint density at radius 3 is 2.65 bits per heavy atom. The molecule has 0 unspecified atom stereocenters. The molecule has 6 nitrogen and oxygen atoms in total. The molecule has 3 aromatic heterocycles. The summed E-state index contributed by atoms with van der Waals surface area (Å²) in [6.07, 6.45) is 5.37. The van der Waals surface area contributed by atoms with Gasteiger partial charge in [-0.1, -0.05) is 54.3 Å². The fourth-order valence-corrected chi connectivity index (χ4v) is 5.90. The number of furan rings is 1. The molecule has 2 aromatic carbocycles. The van der Waals surface area contributed by atoms with Crippen LogP contribution in [0.1, 0.15) is 11.3 Å². The number of carbonyl (C=O) groups excluding carboxylic acids is 1. The number of fused-ring (bicyclic) bond motifs is 1. The number of nitrogens with zero attached hydrogens (tertiary/aromatic N) is 4. The number of thiocarbonyl (C=S) groups is 1. The van der Waals surface area contributed by atoms with Crippen molar-refractivity contribution in [1.29, 1.82) is 0 Å². The Kier molecular flexibility index (Phi) is 5.37. The molecule has 0 N–H and O–H groups in total. The van der Waals surface area contributed by atoms with Crippen LogP contribution in [0.25, 0.3) is 32.7 Å². The van der Waals surface area contributed by atoms with Crippen LogP contribution in [0.3, 0.4) is 0 Å². The summed E-state index contributed by atoms with van der Waals surface area (Å²) < 4.78 is 8.81. The summed E-state index contributed by atoms with van der Waals surface area (Å²) >= 11 is 8.35. The van der Waals surface area contributed by atoms with Gasteiger partial charge >= 0.3 is 0 Å². The van der Waals surface area contributed by atoms with Gasteiger partial charge < -0.3 is 4.42 Å². The second-order valence-electron chi connectivity index (χ2n) is 7.55. The van der Waals surface area contributed by atoms with Crippen LogP contribution in [0.5, 0.6) is 0 Å². The lowest BCUT2D eigenvalue weighted by atomic mass is 10.2. The number of benzene rings is 2. The van der Waals surface area contributed by atoms with Crippen molar-refractivity contribution >= 4 is 61.8 Å². The van der Waals surface area contributed by atoms with Gasteiger partial charge in [0.25, 0.3) is 5.91 Å². The first-order valence-corrected chi connectivity index (χ1v) is 12.5. The van der Waals surface area contributed by atoms with E-state index in [1.54, 1.807) is 28.6 Å². The predicted octanol–water partition coefficient (Wildman–Crippen LogP) is 6.14. The number of para-hydroxylation sites is 2. The first kappa shape index (κ1) is 21.0. The minimum absolute atomic E-state index is 0.144. The molecule has 1 aliphatic rings. The number of thioether (sulfide) groups is 1. The number of thiazole rings is 1. The first-order chi connectivity index (χ1) is 16.7. The van der Waals surface area contributed by atoms with Gasteiger partial charge in [0, 0.05) is 11.8 Å². The normalized spacial score (nSPS) is 15.2. The van der Waals surface area contributed by atoms with E-state index < -0.39 is 0 Å². The molecule has 4 heterocycles. The molecular formula is C25H16N4O2S3. The summed E-state index contributed by atoms with van der Waals surface area (Å²) in [7, 11) is 0. The maximum atomic E-state index is 13.2. The monoisotopic (exact) mass is 500 g/mol. The Morgan fingerprint density at radius 1 is 1.03 bits per heavy atom. The molecule has 34 heavy (non-hydrogen) atoms. The molecule has 0 atom stereocenters. The molecule has 0 radical (unpaired) electrons. The zero-order valence-corrected chi connectivity index (χ0v) is 20.1. The van der Waals surface area contributed by atoms with Crippen LogP contribution in [0.4, 0.5) is 0 Å². The van der Waals surface area contributed by atoms with Crippen molar-refractivity contribution in [3.63, 3.8) is 0 Å². The average Bonchev–Trinajstić information content (AvgIpc) is 3.64. The Morgan fingerprint density at radius 2 is 1.85 bits per heavy atom. The second-order valence-corrected chi connectivity index (χ2v) is 10.3. The molecule has 0 saturated carbocycles. The van der Waals surface area contributed by atoms with E-state index in [-0.39, 0.29) is 5.91 Å². The summed E-state index contributed by atoms with van der Waals surface area (Å²) in [4.78, 5) is 20.1. The second kappa shape index (κ2) is 8.68. The highest BCUT2D eigenvalue weighted by molar-refractivity contribution is 8.26. The topological polar surface area (TPSA) is 64.2 Å². The summed E-state index contributed by atoms with van der Waals surface area (Å²) in [6, 6.07) is 21.5. The van der Waals surface area contributed by atoms with Crippen molar-refractivity contribution in [2.24, 2.45) is 0 Å². The SMILES string of the molecule is O=C1C(=Cc2cn(-c3ccccc3)nc2-c2nc3ccccc3s2)SC(=S)N1Cc1ccco1. The summed E-state index contributed by atoms with van der Waals surface area (Å²) in [5.74, 6) is 0.540. The van der Waals surface area contributed by atoms with E-state index in [1.165, 1.54) is 11.8 Å². The summed E-state index contributed by atoms with van der Waals surface area (Å²) in [5.41, 5.74) is 3.38. The number of amides is 1.